The van der Waals surface area contributed by atoms with Gasteiger partial charge in [0, 0.05) is 35.0 Å². The van der Waals surface area contributed by atoms with Gasteiger partial charge in [-0.15, -0.1) is 0 Å². The number of nitro benzene ring substituents is 1. The summed E-state index contributed by atoms with van der Waals surface area (Å²) in [5.41, 5.74) is 1.43. The summed E-state index contributed by atoms with van der Waals surface area (Å²) in [5, 5.41) is 14.2. The molecule has 0 saturated carbocycles. The Labute approximate surface area is 131 Å². The molecule has 2 aromatic rings. The molecule has 2 rings (SSSR count). The molecule has 112 valence electrons. The average Bonchev–Trinajstić information content (AvgIpc) is 2.85. The zero-order valence-corrected chi connectivity index (χ0v) is 13.6. The summed E-state index contributed by atoms with van der Waals surface area (Å²) < 4.78 is 2.88. The molecule has 0 aliphatic carbocycles. The summed E-state index contributed by atoms with van der Waals surface area (Å²) in [6.45, 7) is 5.26. The Morgan fingerprint density at radius 3 is 2.90 bits per heavy atom. The highest BCUT2D eigenvalue weighted by atomic mass is 79.9. The van der Waals surface area contributed by atoms with Crippen LogP contribution in [0.3, 0.4) is 0 Å². The molecule has 0 fully saturated rings. The van der Waals surface area contributed by atoms with Crippen molar-refractivity contribution < 1.29 is 4.92 Å². The number of benzene rings is 1. The van der Waals surface area contributed by atoms with E-state index in [1.807, 2.05) is 6.20 Å². The maximum absolute atomic E-state index is 11.0. The average molecular weight is 353 g/mol. The Morgan fingerprint density at radius 1 is 1.48 bits per heavy atom. The molecule has 0 aliphatic rings. The second kappa shape index (κ2) is 6.71. The molecule has 0 radical (unpaired) electrons. The van der Waals surface area contributed by atoms with E-state index in [1.54, 1.807) is 25.3 Å². The Balaban J connectivity index is 2.18. The van der Waals surface area contributed by atoms with Crippen LogP contribution in [0, 0.1) is 17.0 Å². The van der Waals surface area contributed by atoms with Crippen LogP contribution in [0.4, 0.5) is 11.4 Å². The first-order valence-electron chi connectivity index (χ1n) is 6.71. The predicted octanol–water partition coefficient (Wildman–Crippen LogP) is 3.88. The van der Waals surface area contributed by atoms with E-state index < -0.39 is 0 Å². The molecular formula is C14H17BrN4O2. The van der Waals surface area contributed by atoms with Crippen molar-refractivity contribution in [3.63, 3.8) is 0 Å². The topological polar surface area (TPSA) is 73.0 Å². The van der Waals surface area contributed by atoms with Crippen LogP contribution < -0.4 is 5.32 Å². The molecule has 1 heterocycles. The third kappa shape index (κ3) is 3.60. The molecule has 21 heavy (non-hydrogen) atoms. The van der Waals surface area contributed by atoms with Gasteiger partial charge >= 0.3 is 0 Å². The van der Waals surface area contributed by atoms with Gasteiger partial charge in [0.05, 0.1) is 17.2 Å². The number of rotatable bonds is 6. The first-order chi connectivity index (χ1) is 10.0. The lowest BCUT2D eigenvalue weighted by molar-refractivity contribution is -0.385. The summed E-state index contributed by atoms with van der Waals surface area (Å²) in [6.07, 6.45) is 4.73. The Kier molecular flexibility index (Phi) is 4.95. The smallest absolute Gasteiger partial charge is 0.274 e. The van der Waals surface area contributed by atoms with E-state index in [9.17, 15) is 10.1 Å². The molecule has 0 amide bonds. The van der Waals surface area contributed by atoms with Gasteiger partial charge in [-0.1, -0.05) is 6.92 Å². The number of anilines is 1. The zero-order valence-electron chi connectivity index (χ0n) is 12.0. The number of hydrogen-bond acceptors (Lipinski definition) is 4. The van der Waals surface area contributed by atoms with E-state index in [4.69, 9.17) is 0 Å². The third-order valence-electron chi connectivity index (χ3n) is 3.19. The van der Waals surface area contributed by atoms with Crippen molar-refractivity contribution in [2.75, 3.05) is 5.32 Å². The molecule has 0 bridgehead atoms. The van der Waals surface area contributed by atoms with Gasteiger partial charge in [-0.25, -0.2) is 4.98 Å². The summed E-state index contributed by atoms with van der Waals surface area (Å²) >= 11 is 3.43. The molecule has 1 aromatic carbocycles. The van der Waals surface area contributed by atoms with Gasteiger partial charge in [-0.3, -0.25) is 10.1 Å². The van der Waals surface area contributed by atoms with Crippen LogP contribution in [0.2, 0.25) is 0 Å². The predicted molar refractivity (Wildman–Crippen MR) is 85.4 cm³/mol. The minimum atomic E-state index is -0.370. The quantitative estimate of drug-likeness (QED) is 0.632. The van der Waals surface area contributed by atoms with Crippen molar-refractivity contribution in [1.29, 1.82) is 0 Å². The van der Waals surface area contributed by atoms with E-state index in [-0.39, 0.29) is 10.6 Å². The van der Waals surface area contributed by atoms with Crippen LogP contribution in [0.15, 0.2) is 29.0 Å². The SMILES string of the molecule is CCCn1ccnc1CNc1cc([N+](=O)[O-])c(C)cc1Br. The number of nitrogens with zero attached hydrogens (tertiary/aromatic N) is 3. The molecule has 0 aliphatic heterocycles. The fourth-order valence-corrected chi connectivity index (χ4v) is 2.72. The minimum Gasteiger partial charge on any atom is -0.377 e. The van der Waals surface area contributed by atoms with E-state index in [0.29, 0.717) is 17.8 Å². The summed E-state index contributed by atoms with van der Waals surface area (Å²) in [5.74, 6) is 0.909. The molecule has 7 heteroatoms. The van der Waals surface area contributed by atoms with Crippen molar-refractivity contribution >= 4 is 27.3 Å². The lowest BCUT2D eigenvalue weighted by Gasteiger charge is -2.11. The van der Waals surface area contributed by atoms with E-state index in [2.05, 4.69) is 37.7 Å². The summed E-state index contributed by atoms with van der Waals surface area (Å²) in [7, 11) is 0. The van der Waals surface area contributed by atoms with Crippen molar-refractivity contribution in [3.8, 4) is 0 Å². The monoisotopic (exact) mass is 352 g/mol. The standard InChI is InChI=1S/C14H17BrN4O2/c1-3-5-18-6-4-16-14(18)9-17-12-8-13(19(20)21)10(2)7-11(12)15/h4,6-8,17H,3,5,9H2,1-2H3. The second-order valence-corrected chi connectivity index (χ2v) is 5.62. The summed E-state index contributed by atoms with van der Waals surface area (Å²) in [4.78, 5) is 14.9. The normalized spacial score (nSPS) is 10.6. The van der Waals surface area contributed by atoms with Gasteiger partial charge in [0.25, 0.3) is 5.69 Å². The highest BCUT2D eigenvalue weighted by Crippen LogP contribution is 2.30. The highest BCUT2D eigenvalue weighted by molar-refractivity contribution is 9.10. The van der Waals surface area contributed by atoms with Crippen LogP contribution in [-0.4, -0.2) is 14.5 Å². The number of nitrogens with one attached hydrogen (secondary N) is 1. The van der Waals surface area contributed by atoms with Crippen LogP contribution in [0.25, 0.3) is 0 Å². The molecule has 1 N–H and O–H groups in total. The van der Waals surface area contributed by atoms with Gasteiger partial charge < -0.3 is 9.88 Å². The molecule has 0 spiro atoms. The van der Waals surface area contributed by atoms with Gasteiger partial charge in [-0.2, -0.15) is 0 Å². The fourth-order valence-electron chi connectivity index (χ4n) is 2.12. The fraction of sp³-hybridized carbons (Fsp3) is 0.357. The molecule has 6 nitrogen and oxygen atoms in total. The number of hydrogen-bond donors (Lipinski definition) is 1. The van der Waals surface area contributed by atoms with Gasteiger partial charge in [0.15, 0.2) is 0 Å². The minimum absolute atomic E-state index is 0.109. The number of nitro groups is 1. The molecule has 1 aromatic heterocycles. The van der Waals surface area contributed by atoms with Crippen LogP contribution in [0.5, 0.6) is 0 Å². The molecule has 0 saturated heterocycles. The lowest BCUT2D eigenvalue weighted by atomic mass is 10.2. The first kappa shape index (κ1) is 15.5. The Hall–Kier alpha value is -1.89. The zero-order chi connectivity index (χ0) is 15.4. The van der Waals surface area contributed by atoms with Gasteiger partial charge in [0.1, 0.15) is 5.82 Å². The summed E-state index contributed by atoms with van der Waals surface area (Å²) in [6, 6.07) is 3.30. The van der Waals surface area contributed by atoms with Gasteiger partial charge in [-0.05, 0) is 35.3 Å². The first-order valence-corrected chi connectivity index (χ1v) is 7.50. The van der Waals surface area contributed by atoms with E-state index in [1.165, 1.54) is 0 Å². The number of imidazole rings is 1. The lowest BCUT2D eigenvalue weighted by Crippen LogP contribution is -2.09. The van der Waals surface area contributed by atoms with Gasteiger partial charge in [0.2, 0.25) is 0 Å². The maximum atomic E-state index is 11.0. The second-order valence-electron chi connectivity index (χ2n) is 4.77. The highest BCUT2D eigenvalue weighted by Gasteiger charge is 2.14. The maximum Gasteiger partial charge on any atom is 0.274 e. The van der Waals surface area contributed by atoms with E-state index >= 15 is 0 Å². The molecule has 0 unspecified atom stereocenters. The number of halogens is 1. The van der Waals surface area contributed by atoms with Crippen molar-refractivity contribution in [3.05, 3.63) is 50.5 Å². The third-order valence-corrected chi connectivity index (χ3v) is 3.84. The van der Waals surface area contributed by atoms with Crippen LogP contribution in [-0.2, 0) is 13.1 Å². The van der Waals surface area contributed by atoms with E-state index in [0.717, 1.165) is 23.3 Å². The van der Waals surface area contributed by atoms with Crippen LogP contribution >= 0.6 is 15.9 Å². The van der Waals surface area contributed by atoms with Crippen molar-refractivity contribution in [2.24, 2.45) is 0 Å². The Morgan fingerprint density at radius 2 is 2.24 bits per heavy atom. The van der Waals surface area contributed by atoms with Crippen molar-refractivity contribution in [1.82, 2.24) is 9.55 Å². The largest absolute Gasteiger partial charge is 0.377 e. The Bertz CT molecular complexity index is 654. The molecule has 0 atom stereocenters. The number of aryl methyl sites for hydroxylation is 2. The van der Waals surface area contributed by atoms with Crippen molar-refractivity contribution in [2.45, 2.75) is 33.4 Å². The number of aromatic nitrogens is 2. The van der Waals surface area contributed by atoms with Crippen LogP contribution in [0.1, 0.15) is 24.7 Å². The molecular weight excluding hydrogens is 336 g/mol.